The highest BCUT2D eigenvalue weighted by Gasteiger charge is 2.26. The van der Waals surface area contributed by atoms with Crippen LogP contribution in [0.2, 0.25) is 0 Å². The van der Waals surface area contributed by atoms with E-state index in [1.807, 2.05) is 64.2 Å². The predicted octanol–water partition coefficient (Wildman–Crippen LogP) is 4.47. The van der Waals surface area contributed by atoms with Crippen molar-refractivity contribution in [3.05, 3.63) is 66.3 Å². The number of aryl methyl sites for hydroxylation is 2. The number of ether oxygens (including phenoxy) is 2. The SMILES string of the molecule is C=N/C(=C\c1nncn1C)Oc1ccc(Nc2ncnc3ccc(NC4=NC(C)(C)CO4)cc23)cc1C. The molecular formula is C26H27N9O2. The second-order valence-corrected chi connectivity index (χ2v) is 9.25. The van der Waals surface area contributed by atoms with Gasteiger partial charge in [-0.15, -0.1) is 10.2 Å². The Morgan fingerprint density at radius 1 is 1.16 bits per heavy atom. The zero-order valence-corrected chi connectivity index (χ0v) is 21.1. The Labute approximate surface area is 214 Å². The molecule has 2 N–H and O–H groups in total. The van der Waals surface area contributed by atoms with Gasteiger partial charge in [0.15, 0.2) is 5.82 Å². The smallest absolute Gasteiger partial charge is 0.289 e. The summed E-state index contributed by atoms with van der Waals surface area (Å²) < 4.78 is 13.4. The Hall–Kier alpha value is -4.80. The first-order valence-corrected chi connectivity index (χ1v) is 11.6. The largest absolute Gasteiger partial charge is 0.462 e. The number of amidine groups is 1. The molecule has 5 rings (SSSR count). The second-order valence-electron chi connectivity index (χ2n) is 9.25. The van der Waals surface area contributed by atoms with Crippen LogP contribution in [-0.2, 0) is 11.8 Å². The molecule has 1 aliphatic rings. The van der Waals surface area contributed by atoms with Crippen LogP contribution in [0, 0.1) is 6.92 Å². The van der Waals surface area contributed by atoms with Gasteiger partial charge in [-0.05, 0) is 69.5 Å². The first kappa shape index (κ1) is 23.9. The van der Waals surface area contributed by atoms with Crippen molar-refractivity contribution in [1.29, 1.82) is 0 Å². The van der Waals surface area contributed by atoms with Crippen LogP contribution in [0.4, 0.5) is 17.2 Å². The molecule has 0 amide bonds. The van der Waals surface area contributed by atoms with Crippen LogP contribution in [0.25, 0.3) is 17.0 Å². The number of hydrogen-bond donors (Lipinski definition) is 2. The maximum absolute atomic E-state index is 5.96. The van der Waals surface area contributed by atoms with Gasteiger partial charge in [0, 0.05) is 29.9 Å². The maximum Gasteiger partial charge on any atom is 0.289 e. The summed E-state index contributed by atoms with van der Waals surface area (Å²) in [6.07, 6.45) is 4.81. The minimum Gasteiger partial charge on any atom is -0.462 e. The Kier molecular flexibility index (Phi) is 6.26. The van der Waals surface area contributed by atoms with Crippen molar-refractivity contribution >= 4 is 46.9 Å². The highest BCUT2D eigenvalue weighted by molar-refractivity contribution is 5.97. The number of anilines is 3. The Morgan fingerprint density at radius 2 is 1.97 bits per heavy atom. The van der Waals surface area contributed by atoms with Gasteiger partial charge in [0.25, 0.3) is 6.02 Å². The molecule has 4 aromatic rings. The van der Waals surface area contributed by atoms with Gasteiger partial charge in [-0.25, -0.2) is 20.0 Å². The molecule has 0 spiro atoms. The van der Waals surface area contributed by atoms with Crippen LogP contribution < -0.4 is 15.4 Å². The van der Waals surface area contributed by atoms with Crippen LogP contribution in [0.1, 0.15) is 25.2 Å². The maximum atomic E-state index is 5.96. The number of fused-ring (bicyclic) bond motifs is 1. The highest BCUT2D eigenvalue weighted by atomic mass is 16.5. The lowest BCUT2D eigenvalue weighted by atomic mass is 10.1. The van der Waals surface area contributed by atoms with Gasteiger partial charge in [0.2, 0.25) is 5.88 Å². The van der Waals surface area contributed by atoms with Crippen molar-refractivity contribution in [1.82, 2.24) is 24.7 Å². The van der Waals surface area contributed by atoms with E-state index in [-0.39, 0.29) is 5.54 Å². The van der Waals surface area contributed by atoms with Crippen LogP contribution in [0.5, 0.6) is 5.75 Å². The molecular weight excluding hydrogens is 470 g/mol. The van der Waals surface area contributed by atoms with E-state index in [9.17, 15) is 0 Å². The average Bonchev–Trinajstić information content (AvgIpc) is 3.43. The van der Waals surface area contributed by atoms with E-state index < -0.39 is 0 Å². The van der Waals surface area contributed by atoms with Gasteiger partial charge in [-0.3, -0.25) is 0 Å². The van der Waals surface area contributed by atoms with Crippen LogP contribution in [0.15, 0.2) is 64.9 Å². The van der Waals surface area contributed by atoms with Gasteiger partial charge in [0.1, 0.15) is 30.8 Å². The fourth-order valence-electron chi connectivity index (χ4n) is 3.74. The minimum absolute atomic E-state index is 0.240. The van der Waals surface area contributed by atoms with Gasteiger partial charge in [-0.2, -0.15) is 0 Å². The van der Waals surface area contributed by atoms with E-state index in [0.717, 1.165) is 27.8 Å². The number of nitrogens with one attached hydrogen (secondary N) is 2. The molecule has 0 saturated heterocycles. The van der Waals surface area contributed by atoms with Crippen LogP contribution in [-0.4, -0.2) is 49.6 Å². The number of rotatable bonds is 7. The Bertz CT molecular complexity index is 1540. The van der Waals surface area contributed by atoms with Gasteiger partial charge >= 0.3 is 0 Å². The molecule has 37 heavy (non-hydrogen) atoms. The summed E-state index contributed by atoms with van der Waals surface area (Å²) in [5.74, 6) is 2.25. The number of aromatic nitrogens is 5. The van der Waals surface area contributed by atoms with Gasteiger partial charge in [0.05, 0.1) is 11.1 Å². The number of benzene rings is 2. The standard InChI is InChI=1S/C26H27N9O2/c1-16-10-17(7-9-21(16)37-23(27-4)12-22-34-30-15-35(22)5)31-24-19-11-18(6-8-20(19)28-14-29-24)32-25-33-26(2,3)13-36-25/h6-12,14-15H,4,13H2,1-3,5H3,(H,32,33)(H,28,29,31)/b23-12+. The van der Waals surface area contributed by atoms with Gasteiger partial charge in [-0.1, -0.05) is 0 Å². The third-order valence-electron chi connectivity index (χ3n) is 5.66. The summed E-state index contributed by atoms with van der Waals surface area (Å²) in [5.41, 5.74) is 3.15. The van der Waals surface area contributed by atoms with E-state index in [2.05, 4.69) is 47.5 Å². The summed E-state index contributed by atoms with van der Waals surface area (Å²) in [6, 6.07) is 12.1. The van der Waals surface area contributed by atoms with E-state index in [1.165, 1.54) is 6.33 Å². The lowest BCUT2D eigenvalue weighted by Gasteiger charge is -2.13. The molecule has 0 atom stereocenters. The lowest BCUT2D eigenvalue weighted by molar-refractivity contribution is 0.278. The second kappa shape index (κ2) is 9.69. The fraction of sp³-hybridized carbons (Fsp3) is 0.231. The number of hydrogen-bond acceptors (Lipinski definition) is 10. The first-order chi connectivity index (χ1) is 17.8. The molecule has 0 saturated carbocycles. The van der Waals surface area contributed by atoms with Crippen molar-refractivity contribution < 1.29 is 9.47 Å². The fourth-order valence-corrected chi connectivity index (χ4v) is 3.74. The molecule has 0 radical (unpaired) electrons. The molecule has 0 bridgehead atoms. The highest BCUT2D eigenvalue weighted by Crippen LogP contribution is 2.30. The summed E-state index contributed by atoms with van der Waals surface area (Å²) in [5, 5.41) is 15.4. The molecule has 2 aromatic heterocycles. The first-order valence-electron chi connectivity index (χ1n) is 11.6. The normalized spacial score (nSPS) is 14.7. The molecule has 1 aliphatic heterocycles. The van der Waals surface area contributed by atoms with E-state index in [1.54, 1.807) is 17.0 Å². The molecule has 188 valence electrons. The molecule has 0 aliphatic carbocycles. The molecule has 11 nitrogen and oxygen atoms in total. The van der Waals surface area contributed by atoms with Crippen molar-refractivity contribution in [2.75, 3.05) is 17.2 Å². The quantitative estimate of drug-likeness (QED) is 0.283. The molecule has 0 unspecified atom stereocenters. The average molecular weight is 498 g/mol. The van der Waals surface area contributed by atoms with Gasteiger partial charge < -0.3 is 24.7 Å². The number of aliphatic imine (C=N–C) groups is 2. The topological polar surface area (TPSA) is 124 Å². The molecule has 3 heterocycles. The zero-order valence-electron chi connectivity index (χ0n) is 21.1. The zero-order chi connectivity index (χ0) is 26.0. The van der Waals surface area contributed by atoms with E-state index in [4.69, 9.17) is 9.47 Å². The van der Waals surface area contributed by atoms with Crippen LogP contribution in [0.3, 0.4) is 0 Å². The van der Waals surface area contributed by atoms with Crippen LogP contribution >= 0.6 is 0 Å². The van der Waals surface area contributed by atoms with Crippen molar-refractivity contribution in [2.24, 2.45) is 17.0 Å². The minimum atomic E-state index is -0.240. The molecule has 11 heteroatoms. The molecule has 0 fully saturated rings. The molecule has 2 aromatic carbocycles. The predicted molar refractivity (Wildman–Crippen MR) is 144 cm³/mol. The van der Waals surface area contributed by atoms with Crippen molar-refractivity contribution in [3.8, 4) is 5.75 Å². The lowest BCUT2D eigenvalue weighted by Crippen LogP contribution is -2.17. The summed E-state index contributed by atoms with van der Waals surface area (Å²) in [4.78, 5) is 17.4. The summed E-state index contributed by atoms with van der Waals surface area (Å²) in [6.45, 7) is 10.1. The Balaban J connectivity index is 1.36. The number of nitrogens with zero attached hydrogens (tertiary/aromatic N) is 7. The van der Waals surface area contributed by atoms with Crippen molar-refractivity contribution in [2.45, 2.75) is 26.3 Å². The van der Waals surface area contributed by atoms with Crippen molar-refractivity contribution in [3.63, 3.8) is 0 Å². The third kappa shape index (κ3) is 5.40. The Morgan fingerprint density at radius 3 is 2.68 bits per heavy atom. The van der Waals surface area contributed by atoms with E-state index >= 15 is 0 Å². The van der Waals surface area contributed by atoms with E-state index in [0.29, 0.717) is 35.9 Å². The summed E-state index contributed by atoms with van der Waals surface area (Å²) >= 11 is 0. The monoisotopic (exact) mass is 497 g/mol. The third-order valence-corrected chi connectivity index (χ3v) is 5.66. The summed E-state index contributed by atoms with van der Waals surface area (Å²) in [7, 11) is 1.84.